The van der Waals surface area contributed by atoms with E-state index in [0.29, 0.717) is 13.0 Å². The first-order chi connectivity index (χ1) is 13.2. The van der Waals surface area contributed by atoms with Crippen LogP contribution in [-0.2, 0) is 11.3 Å². The molecule has 1 aliphatic rings. The predicted octanol–water partition coefficient (Wildman–Crippen LogP) is 3.31. The number of benzene rings is 1. The summed E-state index contributed by atoms with van der Waals surface area (Å²) < 4.78 is 4.12. The molecule has 1 aliphatic heterocycles. The molecular formula is C21H25N5O. The van der Waals surface area contributed by atoms with Crippen LogP contribution in [0.4, 0.5) is 0 Å². The number of aromatic nitrogens is 4. The molecule has 4 rings (SSSR count). The fraction of sp³-hybridized carbons (Fsp3) is 0.381. The maximum Gasteiger partial charge on any atom is 0.224 e. The van der Waals surface area contributed by atoms with Gasteiger partial charge in [-0.05, 0) is 25.8 Å². The van der Waals surface area contributed by atoms with Crippen molar-refractivity contribution in [2.75, 3.05) is 13.1 Å². The maximum atomic E-state index is 12.7. The zero-order chi connectivity index (χ0) is 18.6. The molecule has 0 bridgehead atoms. The van der Waals surface area contributed by atoms with Crippen LogP contribution in [0.15, 0.2) is 55.0 Å². The van der Waals surface area contributed by atoms with Crippen LogP contribution in [0.25, 0.3) is 11.4 Å². The molecule has 0 aliphatic carbocycles. The van der Waals surface area contributed by atoms with E-state index in [-0.39, 0.29) is 11.9 Å². The highest BCUT2D eigenvalue weighted by atomic mass is 16.2. The Hall–Kier alpha value is -2.89. The second-order valence-electron chi connectivity index (χ2n) is 7.11. The van der Waals surface area contributed by atoms with Gasteiger partial charge in [0.25, 0.3) is 0 Å². The predicted molar refractivity (Wildman–Crippen MR) is 104 cm³/mol. The number of carbonyl (C=O) groups is 1. The van der Waals surface area contributed by atoms with E-state index in [1.807, 2.05) is 46.2 Å². The number of hydrogen-bond donors (Lipinski definition) is 0. The molecule has 1 fully saturated rings. The van der Waals surface area contributed by atoms with Gasteiger partial charge >= 0.3 is 0 Å². The van der Waals surface area contributed by atoms with Crippen molar-refractivity contribution in [2.45, 2.75) is 38.8 Å². The van der Waals surface area contributed by atoms with E-state index in [1.165, 1.54) is 0 Å². The van der Waals surface area contributed by atoms with E-state index in [2.05, 4.69) is 33.7 Å². The Kier molecular flexibility index (Phi) is 5.05. The van der Waals surface area contributed by atoms with Crippen molar-refractivity contribution in [1.82, 2.24) is 24.2 Å². The summed E-state index contributed by atoms with van der Waals surface area (Å²) in [5.74, 6) is 1.19. The number of nitrogens with zero attached hydrogens (tertiary/aromatic N) is 5. The van der Waals surface area contributed by atoms with Gasteiger partial charge in [-0.1, -0.05) is 30.3 Å². The molecule has 6 nitrogen and oxygen atoms in total. The summed E-state index contributed by atoms with van der Waals surface area (Å²) in [7, 11) is 0. The Morgan fingerprint density at radius 1 is 1.22 bits per heavy atom. The van der Waals surface area contributed by atoms with Gasteiger partial charge in [0.15, 0.2) is 0 Å². The van der Waals surface area contributed by atoms with E-state index in [1.54, 1.807) is 6.20 Å². The molecule has 1 unspecified atom stereocenters. The summed E-state index contributed by atoms with van der Waals surface area (Å²) >= 11 is 0. The fourth-order valence-electron chi connectivity index (χ4n) is 3.90. The molecule has 6 heteroatoms. The SMILES string of the molecule is Cc1cnc(-c2ccccc2)n1C1CCCN(C(=O)CCn2cccn2)C1. The van der Waals surface area contributed by atoms with Gasteiger partial charge in [0.05, 0.1) is 6.04 Å². The molecule has 0 spiro atoms. The van der Waals surface area contributed by atoms with E-state index in [9.17, 15) is 4.79 Å². The lowest BCUT2D eigenvalue weighted by atomic mass is 10.0. The third-order valence-electron chi connectivity index (χ3n) is 5.24. The van der Waals surface area contributed by atoms with Gasteiger partial charge in [0.2, 0.25) is 5.91 Å². The molecule has 140 valence electrons. The Balaban J connectivity index is 1.49. The average molecular weight is 363 g/mol. The van der Waals surface area contributed by atoms with Gasteiger partial charge in [-0.25, -0.2) is 4.98 Å². The Morgan fingerprint density at radius 2 is 2.07 bits per heavy atom. The van der Waals surface area contributed by atoms with Crippen molar-refractivity contribution >= 4 is 5.91 Å². The number of likely N-dealkylation sites (tertiary alicyclic amines) is 1. The summed E-state index contributed by atoms with van der Waals surface area (Å²) in [6.07, 6.45) is 8.15. The zero-order valence-electron chi connectivity index (χ0n) is 15.7. The molecule has 0 radical (unpaired) electrons. The van der Waals surface area contributed by atoms with Crippen molar-refractivity contribution in [3.8, 4) is 11.4 Å². The fourth-order valence-corrected chi connectivity index (χ4v) is 3.90. The minimum absolute atomic E-state index is 0.203. The van der Waals surface area contributed by atoms with Crippen LogP contribution in [-0.4, -0.2) is 43.2 Å². The number of aryl methyl sites for hydroxylation is 2. The summed E-state index contributed by atoms with van der Waals surface area (Å²) in [4.78, 5) is 19.4. The van der Waals surface area contributed by atoms with Crippen LogP contribution < -0.4 is 0 Å². The molecule has 1 aromatic carbocycles. The lowest BCUT2D eigenvalue weighted by Gasteiger charge is -2.35. The summed E-state index contributed by atoms with van der Waals surface area (Å²) in [5, 5.41) is 4.18. The van der Waals surface area contributed by atoms with Crippen molar-refractivity contribution in [3.63, 3.8) is 0 Å². The van der Waals surface area contributed by atoms with Gasteiger partial charge < -0.3 is 9.47 Å². The van der Waals surface area contributed by atoms with Gasteiger partial charge in [0.1, 0.15) is 5.82 Å². The van der Waals surface area contributed by atoms with Crippen LogP contribution in [0.3, 0.4) is 0 Å². The molecule has 1 amide bonds. The Labute approximate surface area is 159 Å². The quantitative estimate of drug-likeness (QED) is 0.699. The number of hydrogen-bond acceptors (Lipinski definition) is 3. The molecular weight excluding hydrogens is 338 g/mol. The van der Waals surface area contributed by atoms with Gasteiger partial charge in [-0.3, -0.25) is 9.48 Å². The molecule has 0 saturated carbocycles. The van der Waals surface area contributed by atoms with Gasteiger partial charge in [-0.2, -0.15) is 5.10 Å². The summed E-state index contributed by atoms with van der Waals surface area (Å²) in [6, 6.07) is 12.4. The highest BCUT2D eigenvalue weighted by Crippen LogP contribution is 2.29. The summed E-state index contributed by atoms with van der Waals surface area (Å²) in [5.41, 5.74) is 2.26. The molecule has 1 atom stereocenters. The standard InChI is InChI=1S/C21H25N5O/c1-17-15-22-21(18-7-3-2-4-8-18)26(17)19-9-5-12-24(16-19)20(27)10-14-25-13-6-11-23-25/h2-4,6-8,11,13,15,19H,5,9-10,12,14,16H2,1H3. The Morgan fingerprint density at radius 3 is 2.85 bits per heavy atom. The largest absolute Gasteiger partial charge is 0.341 e. The zero-order valence-corrected chi connectivity index (χ0v) is 15.7. The number of carbonyl (C=O) groups excluding carboxylic acids is 1. The average Bonchev–Trinajstić information content (AvgIpc) is 3.36. The Bertz CT molecular complexity index is 885. The normalized spacial score (nSPS) is 17.2. The van der Waals surface area contributed by atoms with Crippen LogP contribution in [0.2, 0.25) is 0 Å². The van der Waals surface area contributed by atoms with Gasteiger partial charge in [-0.15, -0.1) is 0 Å². The lowest BCUT2D eigenvalue weighted by molar-refractivity contribution is -0.133. The minimum Gasteiger partial charge on any atom is -0.341 e. The van der Waals surface area contributed by atoms with Crippen molar-refractivity contribution < 1.29 is 4.79 Å². The topological polar surface area (TPSA) is 56.0 Å². The van der Waals surface area contributed by atoms with Crippen LogP contribution in [0, 0.1) is 6.92 Å². The number of imidazole rings is 1. The smallest absolute Gasteiger partial charge is 0.224 e. The molecule has 27 heavy (non-hydrogen) atoms. The molecule has 0 N–H and O–H groups in total. The third-order valence-corrected chi connectivity index (χ3v) is 5.24. The van der Waals surface area contributed by atoms with Crippen LogP contribution in [0.5, 0.6) is 0 Å². The maximum absolute atomic E-state index is 12.7. The van der Waals surface area contributed by atoms with E-state index < -0.39 is 0 Å². The monoisotopic (exact) mass is 363 g/mol. The van der Waals surface area contributed by atoms with Crippen molar-refractivity contribution in [2.24, 2.45) is 0 Å². The highest BCUT2D eigenvalue weighted by Gasteiger charge is 2.27. The van der Waals surface area contributed by atoms with E-state index in [0.717, 1.165) is 43.0 Å². The first-order valence-electron chi connectivity index (χ1n) is 9.57. The molecule has 1 saturated heterocycles. The molecule has 3 aromatic rings. The van der Waals surface area contributed by atoms with Crippen LogP contribution in [0.1, 0.15) is 31.0 Å². The number of rotatable bonds is 5. The number of piperidine rings is 1. The minimum atomic E-state index is 0.203. The third kappa shape index (κ3) is 3.79. The van der Waals surface area contributed by atoms with Gasteiger partial charge in [0, 0.05) is 55.9 Å². The number of amides is 1. The second-order valence-corrected chi connectivity index (χ2v) is 7.11. The highest BCUT2D eigenvalue weighted by molar-refractivity contribution is 5.76. The first-order valence-corrected chi connectivity index (χ1v) is 9.57. The second kappa shape index (κ2) is 7.78. The van der Waals surface area contributed by atoms with E-state index >= 15 is 0 Å². The van der Waals surface area contributed by atoms with Crippen molar-refractivity contribution in [1.29, 1.82) is 0 Å². The molecule has 3 heterocycles. The summed E-state index contributed by atoms with van der Waals surface area (Å²) in [6.45, 7) is 4.31. The lowest BCUT2D eigenvalue weighted by Crippen LogP contribution is -2.41. The van der Waals surface area contributed by atoms with Crippen LogP contribution >= 0.6 is 0 Å². The van der Waals surface area contributed by atoms with E-state index in [4.69, 9.17) is 0 Å². The molecule has 2 aromatic heterocycles. The first kappa shape index (κ1) is 17.5. The van der Waals surface area contributed by atoms with Crippen molar-refractivity contribution in [3.05, 3.63) is 60.7 Å².